The summed E-state index contributed by atoms with van der Waals surface area (Å²) in [6, 6.07) is 11.3. The number of ether oxygens (including phenoxy) is 2. The van der Waals surface area contributed by atoms with E-state index in [4.69, 9.17) is 9.47 Å². The second-order valence-electron chi connectivity index (χ2n) is 9.44. The predicted octanol–water partition coefficient (Wildman–Crippen LogP) is 3.90. The zero-order chi connectivity index (χ0) is 29.1. The van der Waals surface area contributed by atoms with E-state index in [-0.39, 0.29) is 36.9 Å². The van der Waals surface area contributed by atoms with Crippen LogP contribution in [0.1, 0.15) is 50.7 Å². The molecule has 2 aromatic carbocycles. The minimum atomic E-state index is -0.488. The average Bonchev–Trinajstić information content (AvgIpc) is 2.97. The fraction of sp³-hybridized carbons (Fsp3) is 0.429. The van der Waals surface area contributed by atoms with Crippen LogP contribution in [0.2, 0.25) is 0 Å². The van der Waals surface area contributed by atoms with Gasteiger partial charge < -0.3 is 9.47 Å². The van der Waals surface area contributed by atoms with Gasteiger partial charge in [0.2, 0.25) is 11.8 Å². The van der Waals surface area contributed by atoms with Gasteiger partial charge >= 0.3 is 0 Å². The Labute approximate surface area is 250 Å². The molecule has 1 fully saturated rings. The lowest BCUT2D eigenvalue weighted by molar-refractivity contribution is -0.135. The minimum Gasteiger partial charge on any atom is -0.483 e. The highest BCUT2D eigenvalue weighted by Crippen LogP contribution is 2.29. The Morgan fingerprint density at radius 2 is 1.05 bits per heavy atom. The van der Waals surface area contributed by atoms with E-state index in [9.17, 15) is 19.2 Å². The zero-order valence-electron chi connectivity index (χ0n) is 22.5. The second kappa shape index (κ2) is 15.6. The summed E-state index contributed by atoms with van der Waals surface area (Å²) < 4.78 is 12.5. The van der Waals surface area contributed by atoms with Crippen LogP contribution in [0.4, 0.5) is 0 Å². The van der Waals surface area contributed by atoms with Crippen molar-refractivity contribution in [3.63, 3.8) is 0 Å². The Morgan fingerprint density at radius 1 is 0.675 bits per heavy atom. The molecule has 1 aliphatic rings. The molecule has 3 rings (SSSR count). The number of hydrogen-bond acceptors (Lipinski definition) is 6. The third-order valence-electron chi connectivity index (χ3n) is 6.65. The topological polar surface area (TPSA) is 135 Å². The lowest BCUT2D eigenvalue weighted by atomic mass is 9.81. The molecular formula is C28H34Br2N4O6. The van der Waals surface area contributed by atoms with E-state index in [1.807, 2.05) is 38.1 Å². The smallest absolute Gasteiger partial charge is 0.276 e. The third-order valence-corrected chi connectivity index (χ3v) is 7.89. The highest BCUT2D eigenvalue weighted by atomic mass is 79.9. The molecule has 0 bridgehead atoms. The maximum absolute atomic E-state index is 12.5. The summed E-state index contributed by atoms with van der Waals surface area (Å²) in [6.45, 7) is 3.59. The van der Waals surface area contributed by atoms with E-state index in [1.165, 1.54) is 0 Å². The lowest BCUT2D eigenvalue weighted by Gasteiger charge is -2.27. The number of halogens is 2. The van der Waals surface area contributed by atoms with Crippen molar-refractivity contribution in [2.45, 2.75) is 52.4 Å². The van der Waals surface area contributed by atoms with Gasteiger partial charge in [-0.3, -0.25) is 40.9 Å². The van der Waals surface area contributed by atoms with Crippen molar-refractivity contribution in [3.05, 3.63) is 56.5 Å². The van der Waals surface area contributed by atoms with Crippen molar-refractivity contribution in [2.75, 3.05) is 13.2 Å². The van der Waals surface area contributed by atoms with Crippen LogP contribution < -0.4 is 31.2 Å². The van der Waals surface area contributed by atoms with Crippen molar-refractivity contribution < 1.29 is 28.7 Å². The van der Waals surface area contributed by atoms with Gasteiger partial charge in [0, 0.05) is 11.8 Å². The van der Waals surface area contributed by atoms with E-state index in [0.717, 1.165) is 32.9 Å². The van der Waals surface area contributed by atoms with Crippen molar-refractivity contribution in [2.24, 2.45) is 11.8 Å². The van der Waals surface area contributed by atoms with Crippen LogP contribution in [0, 0.1) is 11.8 Å². The van der Waals surface area contributed by atoms with Gasteiger partial charge in [0.05, 0.1) is 8.95 Å². The molecule has 40 heavy (non-hydrogen) atoms. The Bertz CT molecular complexity index is 1120. The van der Waals surface area contributed by atoms with E-state index in [2.05, 4.69) is 53.6 Å². The molecule has 0 spiro atoms. The number of hydrogen-bond donors (Lipinski definition) is 4. The van der Waals surface area contributed by atoms with Gasteiger partial charge in [-0.2, -0.15) is 0 Å². The monoisotopic (exact) mass is 680 g/mol. The number of carbonyl (C=O) groups excluding carboxylic acids is 4. The van der Waals surface area contributed by atoms with Gasteiger partial charge in [-0.15, -0.1) is 0 Å². The van der Waals surface area contributed by atoms with Crippen LogP contribution in [-0.2, 0) is 32.0 Å². The molecule has 0 heterocycles. The first-order valence-electron chi connectivity index (χ1n) is 13.2. The van der Waals surface area contributed by atoms with Gasteiger partial charge in [-0.05, 0) is 106 Å². The number of amides is 4. The summed E-state index contributed by atoms with van der Waals surface area (Å²) in [7, 11) is 0. The highest BCUT2D eigenvalue weighted by molar-refractivity contribution is 9.10. The molecule has 1 saturated carbocycles. The summed E-state index contributed by atoms with van der Waals surface area (Å²) in [5.74, 6) is -1.20. The normalized spacial score (nSPS) is 16.4. The molecule has 216 valence electrons. The van der Waals surface area contributed by atoms with Crippen LogP contribution in [-0.4, -0.2) is 36.8 Å². The Kier molecular flexibility index (Phi) is 12.3. The number of carbonyl (C=O) groups is 4. The summed E-state index contributed by atoms with van der Waals surface area (Å²) in [5, 5.41) is 0. The first-order valence-corrected chi connectivity index (χ1v) is 14.8. The average molecular weight is 682 g/mol. The summed E-state index contributed by atoms with van der Waals surface area (Å²) in [6.07, 6.45) is 3.68. The number of benzene rings is 2. The Morgan fingerprint density at radius 3 is 1.38 bits per heavy atom. The van der Waals surface area contributed by atoms with Gasteiger partial charge in [-0.25, -0.2) is 0 Å². The molecule has 12 heteroatoms. The van der Waals surface area contributed by atoms with E-state index < -0.39 is 11.8 Å². The fourth-order valence-corrected chi connectivity index (χ4v) is 5.29. The predicted molar refractivity (Wildman–Crippen MR) is 156 cm³/mol. The van der Waals surface area contributed by atoms with Crippen LogP contribution in [0.25, 0.3) is 0 Å². The molecule has 4 amide bonds. The SMILES string of the molecule is CCc1ccc(OCC(=O)NNC(=O)C2CCC(C(=O)NNC(=O)COc3ccc(CC)cc3Br)CC2)c(Br)c1. The second-order valence-corrected chi connectivity index (χ2v) is 11.1. The zero-order valence-corrected chi connectivity index (χ0v) is 25.7. The molecule has 0 unspecified atom stereocenters. The lowest BCUT2D eigenvalue weighted by Crippen LogP contribution is -2.48. The fourth-order valence-electron chi connectivity index (χ4n) is 4.21. The summed E-state index contributed by atoms with van der Waals surface area (Å²) in [4.78, 5) is 49.2. The van der Waals surface area contributed by atoms with E-state index in [1.54, 1.807) is 12.1 Å². The number of nitrogens with one attached hydrogen (secondary N) is 4. The molecule has 0 atom stereocenters. The molecule has 1 aliphatic carbocycles. The quantitative estimate of drug-likeness (QED) is 0.281. The largest absolute Gasteiger partial charge is 0.483 e. The van der Waals surface area contributed by atoms with Crippen LogP contribution in [0.15, 0.2) is 45.3 Å². The maximum Gasteiger partial charge on any atom is 0.276 e. The molecule has 2 aromatic rings. The summed E-state index contributed by atoms with van der Waals surface area (Å²) in [5.41, 5.74) is 11.9. The van der Waals surface area contributed by atoms with Crippen molar-refractivity contribution in [3.8, 4) is 11.5 Å². The molecule has 10 nitrogen and oxygen atoms in total. The maximum atomic E-state index is 12.5. The highest BCUT2D eigenvalue weighted by Gasteiger charge is 2.30. The standard InChI is InChI=1S/C28H34Br2N4O6/c1-3-17-5-11-23(21(29)13-17)39-15-25(35)31-33-27(37)19-7-9-20(10-8-19)28(38)34-32-26(36)16-40-24-12-6-18(4-2)14-22(24)30/h5-6,11-14,19-20H,3-4,7-10,15-16H2,1-2H3,(H,31,35)(H,32,36)(H,33,37)(H,34,38). The minimum absolute atomic E-state index is 0.254. The van der Waals surface area contributed by atoms with Crippen LogP contribution in [0.5, 0.6) is 11.5 Å². The van der Waals surface area contributed by atoms with E-state index in [0.29, 0.717) is 37.2 Å². The first-order chi connectivity index (χ1) is 19.2. The number of rotatable bonds is 10. The molecule has 0 aromatic heterocycles. The molecule has 4 N–H and O–H groups in total. The van der Waals surface area contributed by atoms with Gasteiger partial charge in [0.15, 0.2) is 13.2 Å². The third kappa shape index (κ3) is 9.51. The Hall–Kier alpha value is -3.12. The summed E-state index contributed by atoms with van der Waals surface area (Å²) >= 11 is 6.85. The van der Waals surface area contributed by atoms with Gasteiger partial charge in [0.1, 0.15) is 11.5 Å². The van der Waals surface area contributed by atoms with Crippen molar-refractivity contribution in [1.29, 1.82) is 0 Å². The van der Waals surface area contributed by atoms with Gasteiger partial charge in [0.25, 0.3) is 11.8 Å². The van der Waals surface area contributed by atoms with E-state index >= 15 is 0 Å². The van der Waals surface area contributed by atoms with Crippen LogP contribution >= 0.6 is 31.9 Å². The molecule has 0 saturated heterocycles. The van der Waals surface area contributed by atoms with Crippen molar-refractivity contribution >= 4 is 55.5 Å². The molecule has 0 aliphatic heterocycles. The molecular weight excluding hydrogens is 648 g/mol. The van der Waals surface area contributed by atoms with Crippen LogP contribution in [0.3, 0.4) is 0 Å². The van der Waals surface area contributed by atoms with Gasteiger partial charge in [-0.1, -0.05) is 26.0 Å². The molecule has 0 radical (unpaired) electrons. The number of aryl methyl sites for hydroxylation is 2. The first kappa shape index (κ1) is 31.4. The Balaban J connectivity index is 1.31. The van der Waals surface area contributed by atoms with Crippen molar-refractivity contribution in [1.82, 2.24) is 21.7 Å². The number of hydrazine groups is 2.